The zero-order valence-electron chi connectivity index (χ0n) is 19.1. The number of carbonyl (C=O) groups excluding carboxylic acids is 4. The van der Waals surface area contributed by atoms with Gasteiger partial charge in [-0.25, -0.2) is 0 Å². The van der Waals surface area contributed by atoms with Gasteiger partial charge in [-0.1, -0.05) is 62.4 Å². The minimum atomic E-state index is -0.0687. The number of benzene rings is 2. The number of aryl methyl sites for hydroxylation is 2. The summed E-state index contributed by atoms with van der Waals surface area (Å²) < 4.78 is 0. The van der Waals surface area contributed by atoms with Crippen molar-refractivity contribution in [1.29, 1.82) is 0 Å². The Hall–Kier alpha value is -2.88. The Balaban J connectivity index is 0.000000431. The molecule has 4 heteroatoms. The first-order valence-electron chi connectivity index (χ1n) is 10.3. The van der Waals surface area contributed by atoms with Gasteiger partial charge < -0.3 is 9.59 Å². The second-order valence-electron chi connectivity index (χ2n) is 7.04. The molecule has 0 amide bonds. The molecule has 0 aliphatic carbocycles. The highest BCUT2D eigenvalue weighted by atomic mass is 16.1. The van der Waals surface area contributed by atoms with Crippen LogP contribution < -0.4 is 0 Å². The molecule has 0 atom stereocenters. The van der Waals surface area contributed by atoms with E-state index in [0.29, 0.717) is 24.0 Å². The third kappa shape index (κ3) is 11.2. The molecule has 0 fully saturated rings. The first-order valence-corrected chi connectivity index (χ1v) is 10.3. The summed E-state index contributed by atoms with van der Waals surface area (Å²) in [5.41, 5.74) is 3.99. The average molecular weight is 411 g/mol. The highest BCUT2D eigenvalue weighted by molar-refractivity contribution is 6.07. The molecular formula is C26H34O4. The quantitative estimate of drug-likeness (QED) is 0.537. The molecule has 0 bridgehead atoms. The van der Waals surface area contributed by atoms with Crippen molar-refractivity contribution in [2.45, 2.75) is 67.2 Å². The summed E-state index contributed by atoms with van der Waals surface area (Å²) in [7, 11) is 0. The van der Waals surface area contributed by atoms with E-state index < -0.39 is 0 Å². The van der Waals surface area contributed by atoms with Crippen molar-refractivity contribution in [1.82, 2.24) is 0 Å². The van der Waals surface area contributed by atoms with Crippen molar-refractivity contribution in [2.24, 2.45) is 0 Å². The van der Waals surface area contributed by atoms with Gasteiger partial charge in [0.1, 0.15) is 11.6 Å². The fourth-order valence-electron chi connectivity index (χ4n) is 2.70. The third-order valence-electron chi connectivity index (χ3n) is 4.39. The molecule has 0 heterocycles. The van der Waals surface area contributed by atoms with Crippen LogP contribution in [0.25, 0.3) is 0 Å². The fourth-order valence-corrected chi connectivity index (χ4v) is 2.70. The van der Waals surface area contributed by atoms with E-state index in [0.717, 1.165) is 12.8 Å². The number of hydrogen-bond donors (Lipinski definition) is 0. The Morgan fingerprint density at radius 1 is 0.567 bits per heavy atom. The summed E-state index contributed by atoms with van der Waals surface area (Å²) >= 11 is 0. The molecule has 30 heavy (non-hydrogen) atoms. The molecule has 0 N–H and O–H groups in total. The monoisotopic (exact) mass is 410 g/mol. The van der Waals surface area contributed by atoms with Gasteiger partial charge in [-0.2, -0.15) is 0 Å². The van der Waals surface area contributed by atoms with Crippen molar-refractivity contribution in [2.75, 3.05) is 0 Å². The molecule has 2 aromatic rings. The zero-order valence-corrected chi connectivity index (χ0v) is 19.1. The molecule has 0 unspecified atom stereocenters. The standard InChI is InChI=1S/C10H10O2.C10H14.C6H10O2/c1-7(11)9-5-3-4-6-10(9)8(2)12;1-3-9-7-5-6-8-10(9)4-2;1-5(7)3-4-6(2)8/h3-6H,1-2H3;5-8H,3-4H2,1-2H3;3-4H2,1-2H3. The Morgan fingerprint density at radius 3 is 1.10 bits per heavy atom. The average Bonchev–Trinajstić information content (AvgIpc) is 2.73. The third-order valence-corrected chi connectivity index (χ3v) is 4.39. The maximum atomic E-state index is 11.0. The molecule has 0 aliphatic heterocycles. The summed E-state index contributed by atoms with van der Waals surface area (Å²) in [4.78, 5) is 42.4. The van der Waals surface area contributed by atoms with E-state index in [4.69, 9.17) is 0 Å². The van der Waals surface area contributed by atoms with Crippen LogP contribution in [0, 0.1) is 0 Å². The van der Waals surface area contributed by atoms with E-state index in [1.807, 2.05) is 0 Å². The van der Waals surface area contributed by atoms with Gasteiger partial charge in [0.25, 0.3) is 0 Å². The SMILES string of the molecule is CC(=O)CCC(C)=O.CC(=O)c1ccccc1C(C)=O.CCc1ccccc1CC. The zero-order chi connectivity index (χ0) is 23.1. The molecule has 0 radical (unpaired) electrons. The Bertz CT molecular complexity index is 780. The van der Waals surface area contributed by atoms with Crippen LogP contribution >= 0.6 is 0 Å². The predicted molar refractivity (Wildman–Crippen MR) is 122 cm³/mol. The van der Waals surface area contributed by atoms with Crippen LogP contribution in [0.3, 0.4) is 0 Å². The highest BCUT2D eigenvalue weighted by Gasteiger charge is 2.08. The van der Waals surface area contributed by atoms with Crippen LogP contribution in [-0.2, 0) is 22.4 Å². The fraction of sp³-hybridized carbons (Fsp3) is 0.385. The number of ketones is 4. The van der Waals surface area contributed by atoms with E-state index in [-0.39, 0.29) is 23.1 Å². The highest BCUT2D eigenvalue weighted by Crippen LogP contribution is 2.10. The molecule has 0 aromatic heterocycles. The van der Waals surface area contributed by atoms with Crippen LogP contribution in [0.1, 0.15) is 86.2 Å². The second kappa shape index (κ2) is 15.0. The van der Waals surface area contributed by atoms with Crippen molar-refractivity contribution in [3.05, 3.63) is 70.8 Å². The Morgan fingerprint density at radius 2 is 0.867 bits per heavy atom. The van der Waals surface area contributed by atoms with Gasteiger partial charge in [0.2, 0.25) is 0 Å². The maximum absolute atomic E-state index is 11.0. The van der Waals surface area contributed by atoms with E-state index in [2.05, 4.69) is 38.1 Å². The van der Waals surface area contributed by atoms with Gasteiger partial charge in [-0.05, 0) is 51.7 Å². The number of rotatable bonds is 7. The van der Waals surface area contributed by atoms with Gasteiger partial charge in [-0.3, -0.25) is 9.59 Å². The van der Waals surface area contributed by atoms with Gasteiger partial charge >= 0.3 is 0 Å². The number of hydrogen-bond acceptors (Lipinski definition) is 4. The first kappa shape index (κ1) is 27.1. The molecule has 162 valence electrons. The van der Waals surface area contributed by atoms with E-state index in [9.17, 15) is 19.2 Å². The summed E-state index contributed by atoms with van der Waals surface area (Å²) in [6.07, 6.45) is 3.11. The molecule has 0 spiro atoms. The minimum Gasteiger partial charge on any atom is -0.300 e. The topological polar surface area (TPSA) is 68.3 Å². The van der Waals surface area contributed by atoms with E-state index >= 15 is 0 Å². The van der Waals surface area contributed by atoms with Gasteiger partial charge in [0, 0.05) is 24.0 Å². The van der Waals surface area contributed by atoms with Gasteiger partial charge in [-0.15, -0.1) is 0 Å². The molecule has 2 rings (SSSR count). The van der Waals surface area contributed by atoms with Crippen LogP contribution in [0.15, 0.2) is 48.5 Å². The normalized spacial score (nSPS) is 9.40. The van der Waals surface area contributed by atoms with Crippen molar-refractivity contribution in [3.8, 4) is 0 Å². The largest absolute Gasteiger partial charge is 0.300 e. The lowest BCUT2D eigenvalue weighted by Crippen LogP contribution is -2.02. The van der Waals surface area contributed by atoms with Crippen LogP contribution in [0.4, 0.5) is 0 Å². The lowest BCUT2D eigenvalue weighted by molar-refractivity contribution is -0.122. The van der Waals surface area contributed by atoms with Crippen molar-refractivity contribution < 1.29 is 19.2 Å². The van der Waals surface area contributed by atoms with Crippen molar-refractivity contribution >= 4 is 23.1 Å². The smallest absolute Gasteiger partial charge is 0.160 e. The van der Waals surface area contributed by atoms with Gasteiger partial charge in [0.05, 0.1) is 0 Å². The van der Waals surface area contributed by atoms with Crippen LogP contribution in [0.2, 0.25) is 0 Å². The summed E-state index contributed by atoms with van der Waals surface area (Å²) in [6.45, 7) is 10.3. The summed E-state index contributed by atoms with van der Waals surface area (Å²) in [6, 6.07) is 15.5. The molecule has 2 aromatic carbocycles. The van der Waals surface area contributed by atoms with E-state index in [1.165, 1.54) is 38.8 Å². The lowest BCUT2D eigenvalue weighted by atomic mass is 10.0. The van der Waals surface area contributed by atoms with Crippen LogP contribution in [0.5, 0.6) is 0 Å². The summed E-state index contributed by atoms with van der Waals surface area (Å²) in [5.74, 6) is 0.0296. The Kier molecular flexibility index (Phi) is 13.6. The number of carbonyl (C=O) groups is 4. The molecule has 4 nitrogen and oxygen atoms in total. The van der Waals surface area contributed by atoms with Gasteiger partial charge in [0.15, 0.2) is 11.6 Å². The second-order valence-corrected chi connectivity index (χ2v) is 7.04. The predicted octanol–water partition coefficient (Wildman–Crippen LogP) is 5.85. The molecule has 0 saturated heterocycles. The lowest BCUT2D eigenvalue weighted by Gasteiger charge is -2.02. The minimum absolute atomic E-state index is 0.0687. The Labute approximate surface area is 180 Å². The molecular weight excluding hydrogens is 376 g/mol. The molecule has 0 aliphatic rings. The summed E-state index contributed by atoms with van der Waals surface area (Å²) in [5, 5.41) is 0. The number of Topliss-reactive ketones (excluding diaryl/α,β-unsaturated/α-hetero) is 4. The van der Waals surface area contributed by atoms with Crippen LogP contribution in [-0.4, -0.2) is 23.1 Å². The maximum Gasteiger partial charge on any atom is 0.160 e. The first-order chi connectivity index (χ1) is 14.1. The molecule has 0 saturated carbocycles. The van der Waals surface area contributed by atoms with Crippen molar-refractivity contribution in [3.63, 3.8) is 0 Å². The van der Waals surface area contributed by atoms with E-state index in [1.54, 1.807) is 24.3 Å².